The third-order valence-corrected chi connectivity index (χ3v) is 5.49. The fourth-order valence-electron chi connectivity index (χ4n) is 2.34. The molecular formula is C19H18Cl2N4O2S. The lowest BCUT2D eigenvalue weighted by Gasteiger charge is -2.09. The van der Waals surface area contributed by atoms with E-state index in [0.717, 1.165) is 5.56 Å². The molecule has 3 rings (SSSR count). The summed E-state index contributed by atoms with van der Waals surface area (Å²) >= 11 is 13.5. The first-order chi connectivity index (χ1) is 13.4. The Morgan fingerprint density at radius 1 is 1.18 bits per heavy atom. The van der Waals surface area contributed by atoms with Gasteiger partial charge in [0, 0.05) is 7.05 Å². The highest BCUT2D eigenvalue weighted by atomic mass is 35.5. The van der Waals surface area contributed by atoms with E-state index in [9.17, 15) is 4.79 Å². The van der Waals surface area contributed by atoms with Crippen molar-refractivity contribution < 1.29 is 9.53 Å². The molecule has 146 valence electrons. The maximum absolute atomic E-state index is 12.2. The molecule has 0 unspecified atom stereocenters. The zero-order valence-electron chi connectivity index (χ0n) is 15.3. The normalized spacial score (nSPS) is 10.7. The zero-order chi connectivity index (χ0) is 20.1. The van der Waals surface area contributed by atoms with Gasteiger partial charge in [-0.3, -0.25) is 4.79 Å². The van der Waals surface area contributed by atoms with Gasteiger partial charge in [0.05, 0.1) is 21.5 Å². The van der Waals surface area contributed by atoms with Gasteiger partial charge in [0.1, 0.15) is 12.4 Å². The molecule has 0 aliphatic carbocycles. The molecule has 0 atom stereocenters. The van der Waals surface area contributed by atoms with E-state index in [1.165, 1.54) is 11.8 Å². The van der Waals surface area contributed by atoms with E-state index in [-0.39, 0.29) is 18.3 Å². The van der Waals surface area contributed by atoms with Crippen molar-refractivity contribution in [3.63, 3.8) is 0 Å². The van der Waals surface area contributed by atoms with E-state index in [4.69, 9.17) is 27.9 Å². The number of benzene rings is 2. The van der Waals surface area contributed by atoms with Gasteiger partial charge < -0.3 is 14.6 Å². The molecule has 1 N–H and O–H groups in total. The Morgan fingerprint density at radius 3 is 2.71 bits per heavy atom. The number of rotatable bonds is 7. The van der Waals surface area contributed by atoms with Gasteiger partial charge in [0.15, 0.2) is 11.0 Å². The van der Waals surface area contributed by atoms with E-state index in [2.05, 4.69) is 15.5 Å². The monoisotopic (exact) mass is 436 g/mol. The largest absolute Gasteiger partial charge is 0.484 e. The number of nitrogens with zero attached hydrogens (tertiary/aromatic N) is 3. The van der Waals surface area contributed by atoms with Gasteiger partial charge in [-0.25, -0.2) is 0 Å². The molecule has 2 aromatic carbocycles. The summed E-state index contributed by atoms with van der Waals surface area (Å²) in [6.07, 6.45) is 0. The lowest BCUT2D eigenvalue weighted by molar-refractivity contribution is -0.113. The summed E-state index contributed by atoms with van der Waals surface area (Å²) < 4.78 is 7.47. The topological polar surface area (TPSA) is 69.0 Å². The fraction of sp³-hybridized carbons (Fsp3) is 0.211. The maximum atomic E-state index is 12.2. The van der Waals surface area contributed by atoms with Crippen LogP contribution in [0, 0.1) is 6.92 Å². The Bertz CT molecular complexity index is 994. The van der Waals surface area contributed by atoms with Crippen LogP contribution in [0.4, 0.5) is 5.69 Å². The number of hydrogen-bond donors (Lipinski definition) is 1. The van der Waals surface area contributed by atoms with Crippen LogP contribution in [0.5, 0.6) is 5.75 Å². The number of para-hydroxylation sites is 1. The quantitative estimate of drug-likeness (QED) is 0.541. The predicted molar refractivity (Wildman–Crippen MR) is 112 cm³/mol. The molecule has 0 aliphatic heterocycles. The van der Waals surface area contributed by atoms with Crippen LogP contribution in [0.2, 0.25) is 10.0 Å². The average Bonchev–Trinajstić information content (AvgIpc) is 3.01. The third kappa shape index (κ3) is 5.19. The SMILES string of the molecule is Cc1ccc(NC(=O)CSc2nnc(COc3ccccc3Cl)n2C)c(Cl)c1. The van der Waals surface area contributed by atoms with Gasteiger partial charge in [-0.05, 0) is 36.8 Å². The standard InChI is InChI=1S/C19H18Cl2N4O2S/c1-12-7-8-15(14(21)9-12)22-18(26)11-28-19-24-23-17(25(19)2)10-27-16-6-4-3-5-13(16)20/h3-9H,10-11H2,1-2H3,(H,22,26). The fourth-order valence-corrected chi connectivity index (χ4v) is 3.54. The van der Waals surface area contributed by atoms with Crippen molar-refractivity contribution in [2.75, 3.05) is 11.1 Å². The van der Waals surface area contributed by atoms with E-state index in [0.29, 0.717) is 32.5 Å². The van der Waals surface area contributed by atoms with Crippen LogP contribution in [0.1, 0.15) is 11.4 Å². The van der Waals surface area contributed by atoms with Crippen molar-refractivity contribution in [2.45, 2.75) is 18.7 Å². The summed E-state index contributed by atoms with van der Waals surface area (Å²) in [5.74, 6) is 1.22. The Hall–Kier alpha value is -2.22. The van der Waals surface area contributed by atoms with Gasteiger partial charge in [0.2, 0.25) is 5.91 Å². The number of carbonyl (C=O) groups is 1. The smallest absolute Gasteiger partial charge is 0.234 e. The Labute approximate surface area is 177 Å². The number of amides is 1. The zero-order valence-corrected chi connectivity index (χ0v) is 17.6. The lowest BCUT2D eigenvalue weighted by Crippen LogP contribution is -2.15. The molecule has 0 aliphatic rings. The molecule has 0 spiro atoms. The van der Waals surface area contributed by atoms with E-state index < -0.39 is 0 Å². The molecule has 0 radical (unpaired) electrons. The maximum Gasteiger partial charge on any atom is 0.234 e. The van der Waals surface area contributed by atoms with Crippen molar-refractivity contribution >= 4 is 46.6 Å². The molecule has 1 aromatic heterocycles. The Kier molecular flexibility index (Phi) is 6.83. The summed E-state index contributed by atoms with van der Waals surface area (Å²) in [6.45, 7) is 2.16. The van der Waals surface area contributed by atoms with Crippen LogP contribution in [0.25, 0.3) is 0 Å². The minimum atomic E-state index is -0.173. The van der Waals surface area contributed by atoms with E-state index in [1.807, 2.05) is 32.2 Å². The van der Waals surface area contributed by atoms with Crippen LogP contribution in [-0.2, 0) is 18.4 Å². The summed E-state index contributed by atoms with van der Waals surface area (Å²) in [4.78, 5) is 12.2. The first kappa shape index (κ1) is 20.5. The van der Waals surface area contributed by atoms with Gasteiger partial charge >= 0.3 is 0 Å². The second-order valence-corrected chi connectivity index (χ2v) is 7.75. The van der Waals surface area contributed by atoms with E-state index >= 15 is 0 Å². The van der Waals surface area contributed by atoms with Crippen LogP contribution in [0.15, 0.2) is 47.6 Å². The summed E-state index contributed by atoms with van der Waals surface area (Å²) in [6, 6.07) is 12.7. The molecule has 1 heterocycles. The number of nitrogens with one attached hydrogen (secondary N) is 1. The molecule has 0 fully saturated rings. The highest BCUT2D eigenvalue weighted by Gasteiger charge is 2.13. The molecule has 9 heteroatoms. The number of ether oxygens (including phenoxy) is 1. The van der Waals surface area contributed by atoms with Crippen LogP contribution >= 0.6 is 35.0 Å². The van der Waals surface area contributed by atoms with Crippen molar-refractivity contribution in [2.24, 2.45) is 7.05 Å². The van der Waals surface area contributed by atoms with Crippen LogP contribution in [-0.4, -0.2) is 26.4 Å². The second-order valence-electron chi connectivity index (χ2n) is 6.00. The number of halogens is 2. The molecule has 1 amide bonds. The highest BCUT2D eigenvalue weighted by molar-refractivity contribution is 7.99. The van der Waals surface area contributed by atoms with Crippen molar-refractivity contribution in [1.82, 2.24) is 14.8 Å². The third-order valence-electron chi connectivity index (χ3n) is 3.85. The summed E-state index contributed by atoms with van der Waals surface area (Å²) in [5, 5.41) is 12.7. The van der Waals surface area contributed by atoms with Gasteiger partial charge in [-0.1, -0.05) is 53.2 Å². The molecule has 6 nitrogen and oxygen atoms in total. The molecule has 28 heavy (non-hydrogen) atoms. The molecule has 3 aromatic rings. The highest BCUT2D eigenvalue weighted by Crippen LogP contribution is 2.25. The van der Waals surface area contributed by atoms with Crippen molar-refractivity contribution in [3.8, 4) is 5.75 Å². The lowest BCUT2D eigenvalue weighted by atomic mass is 10.2. The second kappa shape index (κ2) is 9.32. The molecular weight excluding hydrogens is 419 g/mol. The first-order valence-corrected chi connectivity index (χ1v) is 10.1. The number of anilines is 1. The van der Waals surface area contributed by atoms with Crippen LogP contribution < -0.4 is 10.1 Å². The molecule has 0 saturated heterocycles. The Balaban J connectivity index is 1.55. The summed E-state index contributed by atoms with van der Waals surface area (Å²) in [7, 11) is 1.82. The Morgan fingerprint density at radius 2 is 1.96 bits per heavy atom. The van der Waals surface area contributed by atoms with Gasteiger partial charge in [-0.2, -0.15) is 0 Å². The minimum Gasteiger partial charge on any atom is -0.484 e. The number of thioether (sulfide) groups is 1. The number of hydrogen-bond acceptors (Lipinski definition) is 5. The van der Waals surface area contributed by atoms with Gasteiger partial charge in [-0.15, -0.1) is 10.2 Å². The summed E-state index contributed by atoms with van der Waals surface area (Å²) in [5.41, 5.74) is 1.62. The van der Waals surface area contributed by atoms with Crippen molar-refractivity contribution in [3.05, 3.63) is 63.9 Å². The molecule has 0 bridgehead atoms. The molecule has 0 saturated carbocycles. The van der Waals surface area contributed by atoms with E-state index in [1.54, 1.807) is 28.8 Å². The van der Waals surface area contributed by atoms with Crippen molar-refractivity contribution in [1.29, 1.82) is 0 Å². The van der Waals surface area contributed by atoms with Gasteiger partial charge in [0.25, 0.3) is 0 Å². The van der Waals surface area contributed by atoms with Crippen LogP contribution in [0.3, 0.4) is 0 Å². The first-order valence-electron chi connectivity index (χ1n) is 8.38. The number of carbonyl (C=O) groups excluding carboxylic acids is 1. The average molecular weight is 437 g/mol. The predicted octanol–water partition coefficient (Wildman–Crippen LogP) is 4.74. The number of aromatic nitrogens is 3. The number of aryl methyl sites for hydroxylation is 1. The minimum absolute atomic E-state index is 0.173.